The predicted octanol–water partition coefficient (Wildman–Crippen LogP) is 4.04. The lowest BCUT2D eigenvalue weighted by Crippen LogP contribution is -1.94. The Hall–Kier alpha value is -0.590. The highest BCUT2D eigenvalue weighted by atomic mass is 16.1. The number of hydrogen-bond donors (Lipinski definition) is 0. The van der Waals surface area contributed by atoms with Gasteiger partial charge >= 0.3 is 0 Å². The minimum Gasteiger partial charge on any atom is -0.291 e. The van der Waals surface area contributed by atoms with Crippen molar-refractivity contribution in [3.63, 3.8) is 0 Å². The van der Waals surface area contributed by atoms with Gasteiger partial charge in [0.1, 0.15) is 0 Å². The van der Waals surface area contributed by atoms with E-state index in [2.05, 4.69) is 26.0 Å². The van der Waals surface area contributed by atoms with Crippen LogP contribution in [0, 0.1) is 5.92 Å². The predicted molar refractivity (Wildman–Crippen MR) is 62.0 cm³/mol. The van der Waals surface area contributed by atoms with Crippen LogP contribution in [0.1, 0.15) is 58.8 Å². The van der Waals surface area contributed by atoms with Crippen molar-refractivity contribution in [3.8, 4) is 0 Å². The Kier molecular flexibility index (Phi) is 10.0. The summed E-state index contributed by atoms with van der Waals surface area (Å²) in [4.78, 5) is 10.1. The fourth-order valence-corrected chi connectivity index (χ4v) is 1.39. The maximum absolute atomic E-state index is 10.1. The summed E-state index contributed by atoms with van der Waals surface area (Å²) in [5.41, 5.74) is 0. The van der Waals surface area contributed by atoms with Crippen LogP contribution >= 0.6 is 0 Å². The van der Waals surface area contributed by atoms with Gasteiger partial charge < -0.3 is 0 Å². The van der Waals surface area contributed by atoms with E-state index in [0.29, 0.717) is 12.3 Å². The lowest BCUT2D eigenvalue weighted by molar-refractivity contribution is 0.494. The number of unbranched alkanes of at least 4 members (excludes halogenated alkanes) is 3. The fraction of sp³-hybridized carbons (Fsp3) is 0.769. The van der Waals surface area contributed by atoms with Crippen LogP contribution in [0.2, 0.25) is 0 Å². The van der Waals surface area contributed by atoms with Crippen molar-refractivity contribution in [2.24, 2.45) is 5.92 Å². The van der Waals surface area contributed by atoms with Crippen molar-refractivity contribution in [1.82, 2.24) is 0 Å². The molecule has 0 rings (SSSR count). The molecule has 0 amide bonds. The van der Waals surface area contributed by atoms with Gasteiger partial charge in [0.05, 0.1) is 0 Å². The summed E-state index contributed by atoms with van der Waals surface area (Å²) < 4.78 is 0. The van der Waals surface area contributed by atoms with Crippen LogP contribution in [0.15, 0.2) is 12.2 Å². The highest BCUT2D eigenvalue weighted by Gasteiger charge is 1.99. The quantitative estimate of drug-likeness (QED) is 0.401. The summed E-state index contributed by atoms with van der Waals surface area (Å²) in [5.74, 6) is 0.511. The molecule has 1 atom stereocenters. The Morgan fingerprint density at radius 3 is 2.43 bits per heavy atom. The van der Waals surface area contributed by atoms with E-state index in [1.54, 1.807) is 0 Å². The summed E-state index contributed by atoms with van der Waals surface area (Å²) in [6, 6.07) is 0. The largest absolute Gasteiger partial charge is 0.291 e. The molecule has 0 spiro atoms. The smallest absolute Gasteiger partial charge is 0.198 e. The van der Waals surface area contributed by atoms with E-state index < -0.39 is 0 Å². The molecule has 0 aromatic rings. The molecule has 1 heteroatoms. The zero-order valence-electron chi connectivity index (χ0n) is 9.59. The third-order valence-electron chi connectivity index (χ3n) is 2.39. The van der Waals surface area contributed by atoms with Gasteiger partial charge in [-0.1, -0.05) is 38.8 Å². The minimum absolute atomic E-state index is 0.511. The molecule has 0 aliphatic rings. The van der Waals surface area contributed by atoms with Gasteiger partial charge in [0.15, 0.2) is 6.29 Å². The molecule has 0 aromatic heterocycles. The lowest BCUT2D eigenvalue weighted by atomic mass is 10.0. The molecule has 0 aromatic carbocycles. The molecular formula is C13H23O. The van der Waals surface area contributed by atoms with Crippen molar-refractivity contribution < 1.29 is 4.79 Å². The number of rotatable bonds is 9. The summed E-state index contributed by atoms with van der Waals surface area (Å²) in [6.45, 7) is 4.33. The van der Waals surface area contributed by atoms with Crippen LogP contribution in [0.5, 0.6) is 0 Å². The summed E-state index contributed by atoms with van der Waals surface area (Å²) in [6.07, 6.45) is 14.4. The van der Waals surface area contributed by atoms with E-state index in [1.807, 2.05) is 6.29 Å². The van der Waals surface area contributed by atoms with Crippen LogP contribution in [-0.4, -0.2) is 6.29 Å². The third kappa shape index (κ3) is 9.50. The average molecular weight is 195 g/mol. The monoisotopic (exact) mass is 195 g/mol. The van der Waals surface area contributed by atoms with Crippen LogP contribution in [-0.2, 0) is 4.79 Å². The van der Waals surface area contributed by atoms with Gasteiger partial charge in [-0.25, -0.2) is 0 Å². The molecule has 0 aliphatic heterocycles. The van der Waals surface area contributed by atoms with Gasteiger partial charge in [0.25, 0.3) is 0 Å². The molecule has 0 heterocycles. The first-order valence-electron chi connectivity index (χ1n) is 5.81. The van der Waals surface area contributed by atoms with Gasteiger partial charge in [-0.05, 0) is 31.6 Å². The lowest BCUT2D eigenvalue weighted by Gasteiger charge is -2.04. The van der Waals surface area contributed by atoms with Crippen LogP contribution < -0.4 is 0 Å². The molecule has 14 heavy (non-hydrogen) atoms. The Balaban J connectivity index is 3.19. The first-order valence-corrected chi connectivity index (χ1v) is 5.81. The zero-order valence-corrected chi connectivity index (χ0v) is 9.59. The van der Waals surface area contributed by atoms with Crippen molar-refractivity contribution in [3.05, 3.63) is 12.2 Å². The van der Waals surface area contributed by atoms with Crippen LogP contribution in [0.3, 0.4) is 0 Å². The van der Waals surface area contributed by atoms with Crippen molar-refractivity contribution in [2.45, 2.75) is 58.8 Å². The van der Waals surface area contributed by atoms with Crippen molar-refractivity contribution >= 4 is 6.29 Å². The zero-order chi connectivity index (χ0) is 10.6. The first kappa shape index (κ1) is 13.4. The second-order valence-electron chi connectivity index (χ2n) is 4.00. The molecule has 0 saturated carbocycles. The molecule has 0 N–H and O–H groups in total. The average Bonchev–Trinajstić information content (AvgIpc) is 2.17. The van der Waals surface area contributed by atoms with Gasteiger partial charge in [-0.2, -0.15) is 0 Å². The molecule has 0 fully saturated rings. The van der Waals surface area contributed by atoms with Crippen molar-refractivity contribution in [2.75, 3.05) is 0 Å². The molecule has 0 bridgehead atoms. The molecule has 1 unspecified atom stereocenters. The number of allylic oxidation sites excluding steroid dienone is 2. The minimum atomic E-state index is 0.511. The first-order chi connectivity index (χ1) is 6.81. The Morgan fingerprint density at radius 1 is 1.21 bits per heavy atom. The summed E-state index contributed by atoms with van der Waals surface area (Å²) in [5, 5.41) is 0. The molecule has 1 nitrogen and oxygen atoms in total. The van der Waals surface area contributed by atoms with Gasteiger partial charge in [0, 0.05) is 6.42 Å². The molecular weight excluding hydrogens is 172 g/mol. The topological polar surface area (TPSA) is 17.1 Å². The molecule has 0 aliphatic carbocycles. The molecule has 81 valence electrons. The van der Waals surface area contributed by atoms with E-state index in [9.17, 15) is 4.79 Å². The Bertz CT molecular complexity index is 149. The maximum Gasteiger partial charge on any atom is 0.198 e. The fourth-order valence-electron chi connectivity index (χ4n) is 1.39. The van der Waals surface area contributed by atoms with E-state index in [-0.39, 0.29) is 0 Å². The maximum atomic E-state index is 10.1. The van der Waals surface area contributed by atoms with Gasteiger partial charge in [-0.15, -0.1) is 0 Å². The number of hydrogen-bond acceptors (Lipinski definition) is 1. The van der Waals surface area contributed by atoms with Crippen LogP contribution in [0.4, 0.5) is 0 Å². The Morgan fingerprint density at radius 2 is 1.86 bits per heavy atom. The standard InChI is InChI=1S/C13H23O/c1-3-4-5-6-7-8-9-10-13(2)11-12-14/h6-7,13H,3-5,8-11H2,1-2H3. The SMILES string of the molecule is CCCCC=CCCCC(C)C[C]=O. The molecule has 0 saturated heterocycles. The van der Waals surface area contributed by atoms with E-state index in [0.717, 1.165) is 12.8 Å². The van der Waals surface area contributed by atoms with Crippen LogP contribution in [0.25, 0.3) is 0 Å². The van der Waals surface area contributed by atoms with Gasteiger partial charge in [-0.3, -0.25) is 4.79 Å². The summed E-state index contributed by atoms with van der Waals surface area (Å²) >= 11 is 0. The summed E-state index contributed by atoms with van der Waals surface area (Å²) in [7, 11) is 0. The second kappa shape index (κ2) is 10.5. The highest BCUT2D eigenvalue weighted by molar-refractivity contribution is 5.50. The molecule has 1 radical (unpaired) electrons. The third-order valence-corrected chi connectivity index (χ3v) is 2.39. The Labute approximate surface area is 88.6 Å². The highest BCUT2D eigenvalue weighted by Crippen LogP contribution is 2.10. The van der Waals surface area contributed by atoms with E-state index in [1.165, 1.54) is 25.7 Å². The van der Waals surface area contributed by atoms with Gasteiger partial charge in [0.2, 0.25) is 0 Å². The number of carbonyl (C=O) groups excluding carboxylic acids is 1. The normalized spacial score (nSPS) is 13.3. The van der Waals surface area contributed by atoms with E-state index >= 15 is 0 Å². The second-order valence-corrected chi connectivity index (χ2v) is 4.00. The van der Waals surface area contributed by atoms with E-state index in [4.69, 9.17) is 0 Å². The van der Waals surface area contributed by atoms with Crippen molar-refractivity contribution in [1.29, 1.82) is 0 Å².